The number of nitrogens with one attached hydrogen (secondary N) is 1. The first kappa shape index (κ1) is 19.7. The number of carbonyl (C=O) groups is 1. The summed E-state index contributed by atoms with van der Waals surface area (Å²) in [5.74, 6) is 0.573. The predicted octanol–water partition coefficient (Wildman–Crippen LogP) is 1.09. The first-order chi connectivity index (χ1) is 11.8. The van der Waals surface area contributed by atoms with Crippen molar-refractivity contribution in [3.63, 3.8) is 0 Å². The maximum Gasteiger partial charge on any atom is 0.258 e. The Morgan fingerprint density at radius 2 is 1.96 bits per heavy atom. The molecule has 1 aliphatic heterocycles. The summed E-state index contributed by atoms with van der Waals surface area (Å²) in [6, 6.07) is 8.07. The monoisotopic (exact) mass is 349 g/mol. The molecule has 1 fully saturated rings. The highest BCUT2D eigenvalue weighted by atomic mass is 16.5. The molecule has 1 unspecified atom stereocenters. The first-order valence-corrected chi connectivity index (χ1v) is 8.83. The molecule has 140 valence electrons. The van der Waals surface area contributed by atoms with Crippen molar-refractivity contribution >= 4 is 5.91 Å². The molecule has 6 nitrogen and oxygen atoms in total. The normalized spacial score (nSPS) is 19.6. The zero-order valence-corrected chi connectivity index (χ0v) is 15.8. The first-order valence-electron chi connectivity index (χ1n) is 8.83. The second-order valence-electron chi connectivity index (χ2n) is 7.78. The molecular formula is C19H31N3O3. The molecule has 1 saturated heterocycles. The van der Waals surface area contributed by atoms with Gasteiger partial charge < -0.3 is 15.2 Å². The number of aliphatic hydroxyl groups excluding tert-OH is 1. The number of benzene rings is 1. The number of hydrogen-bond acceptors (Lipinski definition) is 5. The lowest BCUT2D eigenvalue weighted by Crippen LogP contribution is -2.52. The summed E-state index contributed by atoms with van der Waals surface area (Å²) in [6.45, 7) is 9.74. The van der Waals surface area contributed by atoms with Crippen LogP contribution < -0.4 is 10.1 Å². The lowest BCUT2D eigenvalue weighted by atomic mass is 10.1. The Labute approximate surface area is 150 Å². The molecule has 6 heteroatoms. The zero-order valence-electron chi connectivity index (χ0n) is 15.8. The Balaban J connectivity index is 1.81. The summed E-state index contributed by atoms with van der Waals surface area (Å²) in [6.07, 6.45) is 0. The van der Waals surface area contributed by atoms with Crippen LogP contribution in [0, 0.1) is 0 Å². The fraction of sp³-hybridized carbons (Fsp3) is 0.632. The Morgan fingerprint density at radius 1 is 1.28 bits per heavy atom. The molecule has 0 aliphatic carbocycles. The van der Waals surface area contributed by atoms with Crippen LogP contribution in [-0.2, 0) is 11.3 Å². The van der Waals surface area contributed by atoms with Crippen LogP contribution in [-0.4, -0.2) is 72.3 Å². The van der Waals surface area contributed by atoms with E-state index < -0.39 is 0 Å². The summed E-state index contributed by atoms with van der Waals surface area (Å²) in [7, 11) is 2.06. The third-order valence-corrected chi connectivity index (χ3v) is 4.29. The van der Waals surface area contributed by atoms with Gasteiger partial charge in [0.15, 0.2) is 6.61 Å². The average Bonchev–Trinajstić information content (AvgIpc) is 2.54. The predicted molar refractivity (Wildman–Crippen MR) is 98.6 cm³/mol. The molecule has 1 heterocycles. The van der Waals surface area contributed by atoms with E-state index in [4.69, 9.17) is 4.74 Å². The SMILES string of the molecule is CN1CCN(Cc2ccc(OCC(=O)NC(C)(C)C)cc2)CC1CO. The van der Waals surface area contributed by atoms with Gasteiger partial charge in [-0.25, -0.2) is 0 Å². The summed E-state index contributed by atoms with van der Waals surface area (Å²) >= 11 is 0. The Hall–Kier alpha value is -1.63. The number of ether oxygens (including phenoxy) is 1. The molecule has 0 aromatic heterocycles. The van der Waals surface area contributed by atoms with Crippen molar-refractivity contribution in [2.24, 2.45) is 0 Å². The molecule has 2 N–H and O–H groups in total. The second-order valence-corrected chi connectivity index (χ2v) is 7.78. The smallest absolute Gasteiger partial charge is 0.258 e. The molecule has 1 aliphatic rings. The van der Waals surface area contributed by atoms with Crippen LogP contribution in [0.4, 0.5) is 0 Å². The van der Waals surface area contributed by atoms with E-state index in [9.17, 15) is 9.90 Å². The van der Waals surface area contributed by atoms with Crippen molar-refractivity contribution in [3.8, 4) is 5.75 Å². The van der Waals surface area contributed by atoms with Crippen molar-refractivity contribution in [1.29, 1.82) is 0 Å². The van der Waals surface area contributed by atoms with E-state index >= 15 is 0 Å². The standard InChI is InChI=1S/C19H31N3O3/c1-19(2,3)20-18(24)14-25-17-7-5-15(6-8-17)11-22-10-9-21(4)16(12-22)13-23/h5-8,16,23H,9-14H2,1-4H3,(H,20,24). The van der Waals surface area contributed by atoms with Gasteiger partial charge in [-0.05, 0) is 45.5 Å². The van der Waals surface area contributed by atoms with Gasteiger partial charge in [0.05, 0.1) is 6.61 Å². The van der Waals surface area contributed by atoms with Gasteiger partial charge in [0.2, 0.25) is 0 Å². The number of aliphatic hydroxyl groups is 1. The van der Waals surface area contributed by atoms with Gasteiger partial charge >= 0.3 is 0 Å². The van der Waals surface area contributed by atoms with E-state index in [0.717, 1.165) is 26.2 Å². The zero-order chi connectivity index (χ0) is 18.4. The third-order valence-electron chi connectivity index (χ3n) is 4.29. The molecule has 1 atom stereocenters. The maximum atomic E-state index is 11.8. The number of carbonyl (C=O) groups excluding carboxylic acids is 1. The number of amides is 1. The number of rotatable bonds is 6. The average molecular weight is 349 g/mol. The topological polar surface area (TPSA) is 65.0 Å². The minimum atomic E-state index is -0.251. The minimum absolute atomic E-state index is 0.0211. The van der Waals surface area contributed by atoms with Crippen molar-refractivity contribution in [2.45, 2.75) is 38.9 Å². The maximum absolute atomic E-state index is 11.8. The summed E-state index contributed by atoms with van der Waals surface area (Å²) in [4.78, 5) is 16.3. The summed E-state index contributed by atoms with van der Waals surface area (Å²) < 4.78 is 5.54. The van der Waals surface area contributed by atoms with Crippen molar-refractivity contribution in [3.05, 3.63) is 29.8 Å². The van der Waals surface area contributed by atoms with Crippen molar-refractivity contribution < 1.29 is 14.6 Å². The van der Waals surface area contributed by atoms with Crippen molar-refractivity contribution in [2.75, 3.05) is 39.9 Å². The third kappa shape index (κ3) is 6.65. The van der Waals surface area contributed by atoms with Crippen LogP contribution in [0.3, 0.4) is 0 Å². The Morgan fingerprint density at radius 3 is 2.56 bits per heavy atom. The van der Waals surface area contributed by atoms with E-state index in [1.54, 1.807) is 0 Å². The molecule has 1 amide bonds. The van der Waals surface area contributed by atoms with Gasteiger partial charge in [-0.2, -0.15) is 0 Å². The number of likely N-dealkylation sites (N-methyl/N-ethyl adjacent to an activating group) is 1. The molecule has 0 saturated carbocycles. The van der Waals surface area contributed by atoms with Crippen LogP contribution in [0.2, 0.25) is 0 Å². The Bertz CT molecular complexity index is 554. The van der Waals surface area contributed by atoms with Gasteiger partial charge in [0.1, 0.15) is 5.75 Å². The minimum Gasteiger partial charge on any atom is -0.484 e. The largest absolute Gasteiger partial charge is 0.484 e. The molecule has 0 radical (unpaired) electrons. The summed E-state index contributed by atoms with van der Waals surface area (Å²) in [5, 5.41) is 12.3. The van der Waals surface area contributed by atoms with Crippen LogP contribution in [0.25, 0.3) is 0 Å². The highest BCUT2D eigenvalue weighted by Gasteiger charge is 2.23. The fourth-order valence-electron chi connectivity index (χ4n) is 2.90. The molecule has 0 bridgehead atoms. The molecule has 25 heavy (non-hydrogen) atoms. The lowest BCUT2D eigenvalue weighted by molar-refractivity contribution is -0.124. The number of piperazine rings is 1. The fourth-order valence-corrected chi connectivity index (χ4v) is 2.90. The van der Waals surface area contributed by atoms with E-state index in [1.807, 2.05) is 45.0 Å². The van der Waals surface area contributed by atoms with E-state index in [0.29, 0.717) is 5.75 Å². The van der Waals surface area contributed by atoms with E-state index in [2.05, 4.69) is 22.2 Å². The lowest BCUT2D eigenvalue weighted by Gasteiger charge is -2.38. The van der Waals surface area contributed by atoms with Gasteiger partial charge in [0.25, 0.3) is 5.91 Å². The summed E-state index contributed by atoms with van der Waals surface area (Å²) in [5.41, 5.74) is 0.951. The van der Waals surface area contributed by atoms with Crippen molar-refractivity contribution in [1.82, 2.24) is 15.1 Å². The van der Waals surface area contributed by atoms with Crippen LogP contribution >= 0.6 is 0 Å². The molecule has 1 aromatic rings. The number of hydrogen-bond donors (Lipinski definition) is 2. The van der Waals surface area contributed by atoms with Gasteiger partial charge in [-0.15, -0.1) is 0 Å². The van der Waals surface area contributed by atoms with E-state index in [1.165, 1.54) is 5.56 Å². The molecule has 1 aromatic carbocycles. The quantitative estimate of drug-likeness (QED) is 0.805. The van der Waals surface area contributed by atoms with Gasteiger partial charge in [-0.3, -0.25) is 14.6 Å². The number of nitrogens with zero attached hydrogens (tertiary/aromatic N) is 2. The van der Waals surface area contributed by atoms with Crippen LogP contribution in [0.1, 0.15) is 26.3 Å². The molecule has 2 rings (SSSR count). The Kier molecular flexibility index (Phi) is 6.81. The highest BCUT2D eigenvalue weighted by molar-refractivity contribution is 5.78. The van der Waals surface area contributed by atoms with Crippen LogP contribution in [0.5, 0.6) is 5.75 Å². The van der Waals surface area contributed by atoms with E-state index in [-0.39, 0.29) is 30.7 Å². The van der Waals surface area contributed by atoms with Crippen LogP contribution in [0.15, 0.2) is 24.3 Å². The highest BCUT2D eigenvalue weighted by Crippen LogP contribution is 2.16. The second kappa shape index (κ2) is 8.65. The van der Waals surface area contributed by atoms with Gasteiger partial charge in [-0.1, -0.05) is 12.1 Å². The van der Waals surface area contributed by atoms with Gasteiger partial charge in [0, 0.05) is 37.8 Å². The molecular weight excluding hydrogens is 318 g/mol. The molecule has 0 spiro atoms.